The lowest BCUT2D eigenvalue weighted by Gasteiger charge is -2.12. The molecule has 1 atom stereocenters. The number of hydrogen-bond donors (Lipinski definition) is 2. The molecule has 0 saturated carbocycles. The molecule has 0 aliphatic rings. The van der Waals surface area contributed by atoms with Crippen molar-refractivity contribution >= 4 is 11.9 Å². The van der Waals surface area contributed by atoms with Gasteiger partial charge in [-0.25, -0.2) is 13.6 Å². The van der Waals surface area contributed by atoms with Crippen LogP contribution >= 0.6 is 0 Å². The molecule has 0 aromatic heterocycles. The van der Waals surface area contributed by atoms with Gasteiger partial charge in [0.05, 0.1) is 6.42 Å². The maximum Gasteiger partial charge on any atom is 0.326 e. The van der Waals surface area contributed by atoms with E-state index in [1.54, 1.807) is 6.92 Å². The van der Waals surface area contributed by atoms with Crippen LogP contribution in [-0.2, 0) is 16.0 Å². The second kappa shape index (κ2) is 6.09. The predicted molar refractivity (Wildman–Crippen MR) is 59.9 cm³/mol. The van der Waals surface area contributed by atoms with Gasteiger partial charge in [0.15, 0.2) is 11.6 Å². The number of hydrogen-bond acceptors (Lipinski definition) is 2. The fraction of sp³-hybridized carbons (Fsp3) is 0.333. The van der Waals surface area contributed by atoms with Crippen molar-refractivity contribution < 1.29 is 23.5 Å². The van der Waals surface area contributed by atoms with Gasteiger partial charge in [-0.3, -0.25) is 4.79 Å². The van der Waals surface area contributed by atoms with E-state index in [1.165, 1.54) is 6.07 Å². The molecule has 0 aliphatic carbocycles. The molecule has 4 nitrogen and oxygen atoms in total. The number of halogens is 2. The monoisotopic (exact) mass is 257 g/mol. The van der Waals surface area contributed by atoms with E-state index in [0.717, 1.165) is 12.1 Å². The Balaban J connectivity index is 2.64. The molecule has 6 heteroatoms. The van der Waals surface area contributed by atoms with Gasteiger partial charge in [0.25, 0.3) is 0 Å². The van der Waals surface area contributed by atoms with Crippen molar-refractivity contribution in [2.24, 2.45) is 0 Å². The van der Waals surface area contributed by atoms with Crippen molar-refractivity contribution in [1.29, 1.82) is 0 Å². The SMILES string of the molecule is CC[C@H](NC(=O)Cc1ccc(F)c(F)c1)C(=O)O. The molecule has 1 rings (SSSR count). The number of carboxylic acid groups (broad SMARTS) is 1. The minimum absolute atomic E-state index is 0.193. The predicted octanol–water partition coefficient (Wildman–Crippen LogP) is 1.49. The van der Waals surface area contributed by atoms with Crippen LogP contribution in [0.4, 0.5) is 8.78 Å². The molecule has 1 aromatic rings. The molecule has 2 N–H and O–H groups in total. The summed E-state index contributed by atoms with van der Waals surface area (Å²) in [5.41, 5.74) is 0.284. The van der Waals surface area contributed by atoms with Crippen molar-refractivity contribution in [3.63, 3.8) is 0 Å². The summed E-state index contributed by atoms with van der Waals surface area (Å²) in [7, 11) is 0. The normalized spacial score (nSPS) is 11.9. The first-order valence-electron chi connectivity index (χ1n) is 5.40. The zero-order chi connectivity index (χ0) is 13.7. The molecule has 1 amide bonds. The van der Waals surface area contributed by atoms with Gasteiger partial charge in [0, 0.05) is 0 Å². The van der Waals surface area contributed by atoms with Gasteiger partial charge in [0.2, 0.25) is 5.91 Å². The van der Waals surface area contributed by atoms with E-state index in [1.807, 2.05) is 0 Å². The number of benzene rings is 1. The highest BCUT2D eigenvalue weighted by Gasteiger charge is 2.17. The summed E-state index contributed by atoms with van der Waals surface area (Å²) in [4.78, 5) is 22.2. The average Bonchev–Trinajstić information content (AvgIpc) is 2.30. The van der Waals surface area contributed by atoms with Crippen molar-refractivity contribution in [1.82, 2.24) is 5.32 Å². The summed E-state index contributed by atoms with van der Waals surface area (Å²) in [6.07, 6.45) is 0.0554. The van der Waals surface area contributed by atoms with Gasteiger partial charge in [-0.05, 0) is 24.1 Å². The minimum atomic E-state index is -1.13. The Hall–Kier alpha value is -1.98. The lowest BCUT2D eigenvalue weighted by molar-refractivity contribution is -0.141. The standard InChI is InChI=1S/C12H13F2NO3/c1-2-10(12(17)18)15-11(16)6-7-3-4-8(13)9(14)5-7/h3-5,10H,2,6H2,1H3,(H,15,16)(H,17,18)/t10-/m0/s1. The van der Waals surface area contributed by atoms with E-state index in [-0.39, 0.29) is 18.4 Å². The Morgan fingerprint density at radius 2 is 2.00 bits per heavy atom. The van der Waals surface area contributed by atoms with Crippen LogP contribution in [0.25, 0.3) is 0 Å². The van der Waals surface area contributed by atoms with Crippen molar-refractivity contribution in [3.05, 3.63) is 35.4 Å². The van der Waals surface area contributed by atoms with Gasteiger partial charge in [-0.1, -0.05) is 13.0 Å². The van der Waals surface area contributed by atoms with E-state index in [4.69, 9.17) is 5.11 Å². The quantitative estimate of drug-likeness (QED) is 0.839. The molecule has 0 fully saturated rings. The zero-order valence-corrected chi connectivity index (χ0v) is 9.74. The lowest BCUT2D eigenvalue weighted by atomic mass is 10.1. The molecule has 98 valence electrons. The van der Waals surface area contributed by atoms with Crippen LogP contribution in [0.3, 0.4) is 0 Å². The molecule has 0 radical (unpaired) electrons. The molecular weight excluding hydrogens is 244 g/mol. The number of amides is 1. The van der Waals surface area contributed by atoms with E-state index in [9.17, 15) is 18.4 Å². The fourth-order valence-electron chi connectivity index (χ4n) is 1.42. The Bertz CT molecular complexity index is 463. The fourth-order valence-corrected chi connectivity index (χ4v) is 1.42. The van der Waals surface area contributed by atoms with Gasteiger partial charge < -0.3 is 10.4 Å². The van der Waals surface area contributed by atoms with Crippen LogP contribution in [0.1, 0.15) is 18.9 Å². The van der Waals surface area contributed by atoms with E-state index < -0.39 is 29.6 Å². The van der Waals surface area contributed by atoms with Crippen LogP contribution in [0.5, 0.6) is 0 Å². The van der Waals surface area contributed by atoms with Crippen LogP contribution in [0.2, 0.25) is 0 Å². The van der Waals surface area contributed by atoms with Crippen LogP contribution in [0, 0.1) is 11.6 Å². The minimum Gasteiger partial charge on any atom is -0.480 e. The highest BCUT2D eigenvalue weighted by molar-refractivity contribution is 5.84. The first kappa shape index (κ1) is 14.1. The topological polar surface area (TPSA) is 66.4 Å². The summed E-state index contributed by atoms with van der Waals surface area (Å²) >= 11 is 0. The van der Waals surface area contributed by atoms with Gasteiger partial charge in [-0.15, -0.1) is 0 Å². The van der Waals surface area contributed by atoms with E-state index in [0.29, 0.717) is 0 Å². The van der Waals surface area contributed by atoms with Gasteiger partial charge >= 0.3 is 5.97 Å². The maximum absolute atomic E-state index is 12.9. The first-order chi connectivity index (χ1) is 8.43. The second-order valence-electron chi connectivity index (χ2n) is 3.79. The summed E-state index contributed by atoms with van der Waals surface area (Å²) in [6, 6.07) is 2.14. The largest absolute Gasteiger partial charge is 0.480 e. The van der Waals surface area contributed by atoms with E-state index in [2.05, 4.69) is 5.32 Å². The van der Waals surface area contributed by atoms with Crippen molar-refractivity contribution in [2.45, 2.75) is 25.8 Å². The second-order valence-corrected chi connectivity index (χ2v) is 3.79. The van der Waals surface area contributed by atoms with Crippen LogP contribution < -0.4 is 5.32 Å². The lowest BCUT2D eigenvalue weighted by Crippen LogP contribution is -2.40. The van der Waals surface area contributed by atoms with Gasteiger partial charge in [0.1, 0.15) is 6.04 Å². The summed E-state index contributed by atoms with van der Waals surface area (Å²) in [5.74, 6) is -3.70. The molecule has 0 spiro atoms. The number of carboxylic acids is 1. The van der Waals surface area contributed by atoms with Crippen molar-refractivity contribution in [2.75, 3.05) is 0 Å². The molecule has 18 heavy (non-hydrogen) atoms. The zero-order valence-electron chi connectivity index (χ0n) is 9.74. The number of carbonyl (C=O) groups is 2. The van der Waals surface area contributed by atoms with Gasteiger partial charge in [-0.2, -0.15) is 0 Å². The third-order valence-corrected chi connectivity index (χ3v) is 2.39. The molecule has 0 saturated heterocycles. The Labute approximate surface area is 103 Å². The third kappa shape index (κ3) is 3.80. The number of aliphatic carboxylic acids is 1. The average molecular weight is 257 g/mol. The van der Waals surface area contributed by atoms with E-state index >= 15 is 0 Å². The molecule has 1 aromatic carbocycles. The Morgan fingerprint density at radius 3 is 2.50 bits per heavy atom. The molecule has 0 heterocycles. The highest BCUT2D eigenvalue weighted by atomic mass is 19.2. The number of rotatable bonds is 5. The highest BCUT2D eigenvalue weighted by Crippen LogP contribution is 2.09. The summed E-state index contributed by atoms with van der Waals surface area (Å²) in [6.45, 7) is 1.62. The number of carbonyl (C=O) groups excluding carboxylic acids is 1. The van der Waals surface area contributed by atoms with Crippen LogP contribution in [0.15, 0.2) is 18.2 Å². The first-order valence-corrected chi connectivity index (χ1v) is 5.40. The molecule has 0 unspecified atom stereocenters. The van der Waals surface area contributed by atoms with Crippen molar-refractivity contribution in [3.8, 4) is 0 Å². The summed E-state index contributed by atoms with van der Waals surface area (Å²) in [5, 5.41) is 11.0. The molecule has 0 bridgehead atoms. The smallest absolute Gasteiger partial charge is 0.326 e. The summed E-state index contributed by atoms with van der Waals surface area (Å²) < 4.78 is 25.5. The Kier molecular flexibility index (Phi) is 4.76. The maximum atomic E-state index is 12.9. The Morgan fingerprint density at radius 1 is 1.33 bits per heavy atom. The third-order valence-electron chi connectivity index (χ3n) is 2.39. The number of nitrogens with one attached hydrogen (secondary N) is 1. The molecular formula is C12H13F2NO3. The van der Waals surface area contributed by atoms with Crippen LogP contribution in [-0.4, -0.2) is 23.0 Å². The molecule has 0 aliphatic heterocycles.